The lowest BCUT2D eigenvalue weighted by Crippen LogP contribution is -2.55. The summed E-state index contributed by atoms with van der Waals surface area (Å²) in [5.41, 5.74) is 0.393. The Hall–Kier alpha value is -2.32. The number of piperazine rings is 1. The van der Waals surface area contributed by atoms with Gasteiger partial charge in [-0.25, -0.2) is 4.79 Å². The molecule has 0 aliphatic carbocycles. The third-order valence-corrected chi connectivity index (χ3v) is 4.86. The van der Waals surface area contributed by atoms with Crippen molar-refractivity contribution in [2.24, 2.45) is 0 Å². The highest BCUT2D eigenvalue weighted by atomic mass is 35.5. The number of benzene rings is 1. The maximum atomic E-state index is 12.4. The molecule has 0 radical (unpaired) electrons. The molecule has 1 amide bonds. The minimum Gasteiger partial charge on any atom is -0.444 e. The van der Waals surface area contributed by atoms with Gasteiger partial charge >= 0.3 is 6.09 Å². The third kappa shape index (κ3) is 5.00. The van der Waals surface area contributed by atoms with Crippen LogP contribution in [-0.4, -0.2) is 64.1 Å². The summed E-state index contributed by atoms with van der Waals surface area (Å²) in [6.45, 7) is 9.73. The molecule has 1 atom stereocenters. The van der Waals surface area contributed by atoms with Crippen molar-refractivity contribution >= 4 is 23.6 Å². The van der Waals surface area contributed by atoms with Gasteiger partial charge < -0.3 is 19.3 Å². The largest absolute Gasteiger partial charge is 0.444 e. The minimum absolute atomic E-state index is 0.0434. The molecule has 158 valence electrons. The molecule has 3 rings (SSSR count). The fraction of sp³-hybridized carbons (Fsp3) is 0.550. The minimum atomic E-state index is -0.513. The molecule has 1 saturated heterocycles. The Morgan fingerprint density at radius 1 is 1.21 bits per heavy atom. The van der Waals surface area contributed by atoms with Crippen LogP contribution in [-0.2, 0) is 16.1 Å². The van der Waals surface area contributed by atoms with Crippen molar-refractivity contribution < 1.29 is 14.3 Å². The van der Waals surface area contributed by atoms with E-state index >= 15 is 0 Å². The number of hydrogen-bond donors (Lipinski definition) is 0. The van der Waals surface area contributed by atoms with Gasteiger partial charge in [0.1, 0.15) is 12.2 Å². The van der Waals surface area contributed by atoms with Crippen LogP contribution in [0.25, 0.3) is 5.69 Å². The van der Waals surface area contributed by atoms with E-state index in [-0.39, 0.29) is 12.1 Å². The number of carbonyl (C=O) groups is 1. The fourth-order valence-electron chi connectivity index (χ4n) is 3.32. The highest BCUT2D eigenvalue weighted by Gasteiger charge is 2.32. The van der Waals surface area contributed by atoms with Crippen molar-refractivity contribution in [3.8, 4) is 5.69 Å². The summed E-state index contributed by atoms with van der Waals surface area (Å²) >= 11 is 6.05. The predicted octanol–water partition coefficient (Wildman–Crippen LogP) is 3.51. The SMILES string of the molecule is COCc1nnc(N2CCN(C(=O)OC(C)(C)C)CC2C)n1-c1ccc(Cl)cc1. The van der Waals surface area contributed by atoms with Crippen LogP contribution in [0.2, 0.25) is 5.02 Å². The first-order chi connectivity index (χ1) is 13.7. The second kappa shape index (κ2) is 8.59. The van der Waals surface area contributed by atoms with Crippen LogP contribution in [0.4, 0.5) is 10.7 Å². The molecule has 9 heteroatoms. The molecule has 1 aliphatic heterocycles. The van der Waals surface area contributed by atoms with Gasteiger partial charge in [-0.3, -0.25) is 4.57 Å². The lowest BCUT2D eigenvalue weighted by Gasteiger charge is -2.40. The van der Waals surface area contributed by atoms with Crippen molar-refractivity contribution in [3.05, 3.63) is 35.1 Å². The molecule has 1 aromatic heterocycles. The highest BCUT2D eigenvalue weighted by molar-refractivity contribution is 6.30. The molecule has 1 fully saturated rings. The Bertz CT molecular complexity index is 847. The van der Waals surface area contributed by atoms with Crippen LogP contribution in [0.1, 0.15) is 33.5 Å². The summed E-state index contributed by atoms with van der Waals surface area (Å²) in [6, 6.07) is 7.57. The Labute approximate surface area is 176 Å². The monoisotopic (exact) mass is 421 g/mol. The van der Waals surface area contributed by atoms with Crippen LogP contribution in [0.5, 0.6) is 0 Å². The van der Waals surface area contributed by atoms with E-state index in [1.165, 1.54) is 0 Å². The number of anilines is 1. The predicted molar refractivity (Wildman–Crippen MR) is 112 cm³/mol. The van der Waals surface area contributed by atoms with Crippen LogP contribution < -0.4 is 4.90 Å². The standard InChI is InChI=1S/C20H28ClN5O3/c1-14-12-24(19(27)29-20(2,3)4)10-11-25(14)18-23-22-17(13-28-5)26(18)16-8-6-15(21)7-9-16/h6-9,14H,10-13H2,1-5H3. The van der Waals surface area contributed by atoms with Crippen molar-refractivity contribution in [2.75, 3.05) is 31.6 Å². The van der Waals surface area contributed by atoms with Gasteiger partial charge in [-0.2, -0.15) is 0 Å². The first kappa shape index (κ1) is 21.4. The quantitative estimate of drug-likeness (QED) is 0.752. The molecule has 8 nitrogen and oxygen atoms in total. The van der Waals surface area contributed by atoms with Crippen molar-refractivity contribution in [1.82, 2.24) is 19.7 Å². The summed E-state index contributed by atoms with van der Waals surface area (Å²) in [5.74, 6) is 1.42. The number of aromatic nitrogens is 3. The topological polar surface area (TPSA) is 72.7 Å². The molecule has 0 bridgehead atoms. The third-order valence-electron chi connectivity index (χ3n) is 4.61. The molecule has 2 aromatic rings. The van der Waals surface area contributed by atoms with E-state index in [2.05, 4.69) is 22.0 Å². The van der Waals surface area contributed by atoms with Crippen LogP contribution in [0, 0.1) is 0 Å². The maximum absolute atomic E-state index is 12.4. The zero-order valence-corrected chi connectivity index (χ0v) is 18.3. The van der Waals surface area contributed by atoms with Gasteiger partial charge in [0.2, 0.25) is 5.95 Å². The molecular weight excluding hydrogens is 394 g/mol. The lowest BCUT2D eigenvalue weighted by molar-refractivity contribution is 0.0218. The zero-order chi connectivity index (χ0) is 21.2. The summed E-state index contributed by atoms with van der Waals surface area (Å²) in [7, 11) is 1.63. The lowest BCUT2D eigenvalue weighted by atomic mass is 10.2. The molecule has 2 heterocycles. The van der Waals surface area contributed by atoms with E-state index in [4.69, 9.17) is 21.1 Å². The number of amides is 1. The first-order valence-electron chi connectivity index (χ1n) is 9.63. The molecule has 1 aliphatic rings. The second-order valence-electron chi connectivity index (χ2n) is 8.13. The van der Waals surface area contributed by atoms with Gasteiger partial charge in [0.05, 0.1) is 5.69 Å². The molecular formula is C20H28ClN5O3. The first-order valence-corrected chi connectivity index (χ1v) is 10.0. The normalized spacial score (nSPS) is 17.5. The Morgan fingerprint density at radius 3 is 2.48 bits per heavy atom. The number of halogens is 1. The Balaban J connectivity index is 1.84. The molecule has 1 unspecified atom stereocenters. The second-order valence-corrected chi connectivity index (χ2v) is 8.57. The van der Waals surface area contributed by atoms with Crippen LogP contribution in [0.3, 0.4) is 0 Å². The smallest absolute Gasteiger partial charge is 0.410 e. The van der Waals surface area contributed by atoms with Crippen LogP contribution >= 0.6 is 11.6 Å². The van der Waals surface area contributed by atoms with E-state index in [1.807, 2.05) is 49.6 Å². The average molecular weight is 422 g/mol. The van der Waals surface area contributed by atoms with Crippen molar-refractivity contribution in [2.45, 2.75) is 45.9 Å². The maximum Gasteiger partial charge on any atom is 0.410 e. The number of carbonyl (C=O) groups excluding carboxylic acids is 1. The van der Waals surface area contributed by atoms with Gasteiger partial charge in [-0.1, -0.05) is 11.6 Å². The van der Waals surface area contributed by atoms with E-state index in [9.17, 15) is 4.79 Å². The number of ether oxygens (including phenoxy) is 2. The number of nitrogens with zero attached hydrogens (tertiary/aromatic N) is 5. The molecule has 1 aromatic carbocycles. The fourth-order valence-corrected chi connectivity index (χ4v) is 3.44. The molecule has 0 saturated carbocycles. The van der Waals surface area contributed by atoms with E-state index in [0.717, 1.165) is 11.6 Å². The zero-order valence-electron chi connectivity index (χ0n) is 17.6. The Kier molecular flexibility index (Phi) is 6.33. The summed E-state index contributed by atoms with van der Waals surface area (Å²) in [6.07, 6.45) is -0.289. The summed E-state index contributed by atoms with van der Waals surface area (Å²) < 4.78 is 12.8. The Morgan fingerprint density at radius 2 is 1.90 bits per heavy atom. The molecule has 0 spiro atoms. The van der Waals surface area contributed by atoms with Gasteiger partial charge in [-0.05, 0) is 52.0 Å². The van der Waals surface area contributed by atoms with E-state index in [0.29, 0.717) is 37.1 Å². The van der Waals surface area contributed by atoms with Gasteiger partial charge in [0.25, 0.3) is 0 Å². The average Bonchev–Trinajstić information content (AvgIpc) is 3.04. The summed E-state index contributed by atoms with van der Waals surface area (Å²) in [4.78, 5) is 16.3. The van der Waals surface area contributed by atoms with E-state index < -0.39 is 5.60 Å². The number of hydrogen-bond acceptors (Lipinski definition) is 6. The van der Waals surface area contributed by atoms with Crippen molar-refractivity contribution in [1.29, 1.82) is 0 Å². The van der Waals surface area contributed by atoms with E-state index in [1.54, 1.807) is 12.0 Å². The van der Waals surface area contributed by atoms with Crippen molar-refractivity contribution in [3.63, 3.8) is 0 Å². The number of rotatable bonds is 4. The number of methoxy groups -OCH3 is 1. The van der Waals surface area contributed by atoms with Gasteiger partial charge in [0, 0.05) is 37.8 Å². The van der Waals surface area contributed by atoms with Crippen LogP contribution in [0.15, 0.2) is 24.3 Å². The van der Waals surface area contributed by atoms with Gasteiger partial charge in [-0.15, -0.1) is 10.2 Å². The molecule has 29 heavy (non-hydrogen) atoms. The molecule has 0 N–H and O–H groups in total. The highest BCUT2D eigenvalue weighted by Crippen LogP contribution is 2.26. The van der Waals surface area contributed by atoms with Gasteiger partial charge in [0.15, 0.2) is 5.82 Å². The summed E-state index contributed by atoms with van der Waals surface area (Å²) in [5, 5.41) is 9.42.